The van der Waals surface area contributed by atoms with Gasteiger partial charge in [-0.3, -0.25) is 9.89 Å². The number of hydrogen-bond donors (Lipinski definition) is 5. The second kappa shape index (κ2) is 10.4. The van der Waals surface area contributed by atoms with Crippen LogP contribution in [0.15, 0.2) is 42.7 Å². The number of amides is 1. The normalized spacial score (nSPS) is 12.7. The van der Waals surface area contributed by atoms with E-state index in [2.05, 4.69) is 35.8 Å². The lowest BCUT2D eigenvalue weighted by Crippen LogP contribution is -2.27. The maximum atomic E-state index is 14.1. The molecule has 11 nitrogen and oxygen atoms in total. The van der Waals surface area contributed by atoms with Crippen LogP contribution in [-0.4, -0.2) is 66.2 Å². The fourth-order valence-corrected chi connectivity index (χ4v) is 4.93. The predicted molar refractivity (Wildman–Crippen MR) is 148 cm³/mol. The second-order valence-corrected chi connectivity index (χ2v) is 9.64. The molecule has 2 aromatic carbocycles. The molecule has 1 aliphatic heterocycles. The Hall–Kier alpha value is -4.84. The van der Waals surface area contributed by atoms with E-state index in [0.717, 1.165) is 45.5 Å². The van der Waals surface area contributed by atoms with E-state index >= 15 is 0 Å². The number of H-pyrrole nitrogens is 2. The number of anilines is 1. The fraction of sp³-hybridized carbons (Fsp3) is 0.250. The molecule has 0 aliphatic carbocycles. The fourth-order valence-electron chi connectivity index (χ4n) is 4.93. The average Bonchev–Trinajstić information content (AvgIpc) is 3.67. The molecular weight excluding hydrogens is 513 g/mol. The molecule has 0 saturated heterocycles. The summed E-state index contributed by atoms with van der Waals surface area (Å²) >= 11 is 0. The molecule has 6 rings (SSSR count). The van der Waals surface area contributed by atoms with E-state index < -0.39 is 5.82 Å². The number of phenolic OH excluding ortho intramolecular Hbond substituents is 1. The number of likely N-dealkylation sites (N-methyl/N-ethyl adjacent to an activating group) is 1. The van der Waals surface area contributed by atoms with Gasteiger partial charge >= 0.3 is 0 Å². The third-order valence-electron chi connectivity index (χ3n) is 7.05. The summed E-state index contributed by atoms with van der Waals surface area (Å²) in [6.07, 6.45) is 3.69. The van der Waals surface area contributed by atoms with Crippen molar-refractivity contribution in [3.8, 4) is 28.4 Å². The smallest absolute Gasteiger partial charge is 0.274 e. The molecular formula is C28H28FN9O2. The number of aromatic hydroxyl groups is 1. The zero-order valence-corrected chi connectivity index (χ0v) is 22.0. The van der Waals surface area contributed by atoms with Crippen LogP contribution < -0.4 is 10.6 Å². The van der Waals surface area contributed by atoms with E-state index in [-0.39, 0.29) is 17.4 Å². The number of nitrogens with zero attached hydrogens (tertiary/aromatic N) is 5. The largest absolute Gasteiger partial charge is 0.505 e. The highest BCUT2D eigenvalue weighted by Gasteiger charge is 2.29. The quantitative estimate of drug-likeness (QED) is 0.187. The van der Waals surface area contributed by atoms with Crippen molar-refractivity contribution in [3.05, 3.63) is 71.2 Å². The Kier molecular flexibility index (Phi) is 6.60. The van der Waals surface area contributed by atoms with Gasteiger partial charge in [-0.05, 0) is 54.4 Å². The van der Waals surface area contributed by atoms with E-state index in [1.807, 2.05) is 32.2 Å². The number of carbonyl (C=O) groups is 1. The van der Waals surface area contributed by atoms with Gasteiger partial charge in [-0.25, -0.2) is 19.3 Å². The molecule has 12 heteroatoms. The monoisotopic (exact) mass is 541 g/mol. The number of imidazole rings is 1. The number of hydrogen-bond acceptors (Lipinski definition) is 8. The Morgan fingerprint density at radius 1 is 1.15 bits per heavy atom. The van der Waals surface area contributed by atoms with Crippen molar-refractivity contribution in [2.45, 2.75) is 26.4 Å². The number of aromatic nitrogens is 6. The van der Waals surface area contributed by atoms with Gasteiger partial charge in [-0.1, -0.05) is 13.0 Å². The Balaban J connectivity index is 1.19. The first-order valence-electron chi connectivity index (χ1n) is 13.0. The van der Waals surface area contributed by atoms with Crippen LogP contribution in [-0.2, 0) is 19.5 Å². The van der Waals surface area contributed by atoms with Crippen LogP contribution in [0.4, 0.5) is 10.2 Å². The molecule has 4 heterocycles. The minimum atomic E-state index is -0.656. The molecule has 3 aromatic heterocycles. The Morgan fingerprint density at radius 3 is 2.77 bits per heavy atom. The molecule has 5 N–H and O–H groups in total. The highest BCUT2D eigenvalue weighted by Crippen LogP contribution is 2.34. The minimum absolute atomic E-state index is 0.211. The molecule has 0 atom stereocenters. The summed E-state index contributed by atoms with van der Waals surface area (Å²) in [7, 11) is 1.87. The summed E-state index contributed by atoms with van der Waals surface area (Å²) in [4.78, 5) is 31.3. The van der Waals surface area contributed by atoms with Crippen LogP contribution in [0.25, 0.3) is 33.5 Å². The first-order chi connectivity index (χ1) is 19.4. The van der Waals surface area contributed by atoms with E-state index in [0.29, 0.717) is 43.4 Å². The zero-order valence-electron chi connectivity index (χ0n) is 22.0. The van der Waals surface area contributed by atoms with E-state index in [9.17, 15) is 14.3 Å². The number of halogens is 1. The summed E-state index contributed by atoms with van der Waals surface area (Å²) < 4.78 is 14.1. The number of fused-ring (bicyclic) bond motifs is 2. The Morgan fingerprint density at radius 2 is 2.02 bits per heavy atom. The van der Waals surface area contributed by atoms with Crippen LogP contribution in [0, 0.1) is 5.82 Å². The van der Waals surface area contributed by atoms with Gasteiger partial charge in [0.05, 0.1) is 42.4 Å². The first-order valence-corrected chi connectivity index (χ1v) is 13.0. The number of phenols is 1. The van der Waals surface area contributed by atoms with Gasteiger partial charge in [0.15, 0.2) is 17.4 Å². The number of nitrogens with one attached hydrogen (secondary N) is 4. The van der Waals surface area contributed by atoms with Gasteiger partial charge in [-0.15, -0.1) is 0 Å². The molecule has 204 valence electrons. The SMILES string of the molecule is CCc1cc(O)c(F)cc1-c1ccc2c(-c3nc4c([nH]3)CN(C(=O)c3cnc(NCCNC)cn3)C4)n[nH]c2c1. The number of carbonyl (C=O) groups excluding carboxylic acids is 1. The predicted octanol–water partition coefficient (Wildman–Crippen LogP) is 3.60. The molecule has 40 heavy (non-hydrogen) atoms. The van der Waals surface area contributed by atoms with E-state index in [1.54, 1.807) is 11.1 Å². The molecule has 0 saturated carbocycles. The van der Waals surface area contributed by atoms with Crippen molar-refractivity contribution in [3.63, 3.8) is 0 Å². The zero-order chi connectivity index (χ0) is 27.8. The highest BCUT2D eigenvalue weighted by atomic mass is 19.1. The van der Waals surface area contributed by atoms with Crippen molar-refractivity contribution in [1.29, 1.82) is 0 Å². The lowest BCUT2D eigenvalue weighted by molar-refractivity contribution is 0.0742. The van der Waals surface area contributed by atoms with E-state index in [1.165, 1.54) is 18.3 Å². The summed E-state index contributed by atoms with van der Waals surface area (Å²) in [5, 5.41) is 24.3. The second-order valence-electron chi connectivity index (χ2n) is 9.64. The lowest BCUT2D eigenvalue weighted by Gasteiger charge is -2.14. The lowest BCUT2D eigenvalue weighted by atomic mass is 9.96. The van der Waals surface area contributed by atoms with Crippen molar-refractivity contribution in [2.24, 2.45) is 0 Å². The van der Waals surface area contributed by atoms with E-state index in [4.69, 9.17) is 4.98 Å². The van der Waals surface area contributed by atoms with Gasteiger partial charge in [0.25, 0.3) is 5.91 Å². The van der Waals surface area contributed by atoms with Crippen molar-refractivity contribution in [2.75, 3.05) is 25.5 Å². The standard InChI is InChI=1S/C28H28FN9O2/c1-3-15-9-24(39)19(29)10-18(15)16-4-5-17-20(8-16)36-37-26(17)27-34-22-13-38(14-23(22)35-27)28(40)21-11-33-25(12-32-21)31-7-6-30-2/h4-5,8-12,30,39H,3,6-7,13-14H2,1-2H3,(H,31,33)(H,34,35)(H,36,37). The van der Waals surface area contributed by atoms with Gasteiger partial charge in [0.1, 0.15) is 17.2 Å². The summed E-state index contributed by atoms with van der Waals surface area (Å²) in [5.41, 5.74) is 5.73. The van der Waals surface area contributed by atoms with Crippen LogP contribution in [0.5, 0.6) is 5.75 Å². The number of aryl methyl sites for hydroxylation is 1. The van der Waals surface area contributed by atoms with Gasteiger partial charge in [0, 0.05) is 18.5 Å². The summed E-state index contributed by atoms with van der Waals surface area (Å²) in [6, 6.07) is 8.57. The summed E-state index contributed by atoms with van der Waals surface area (Å²) in [5.74, 6) is 0.00559. The van der Waals surface area contributed by atoms with Crippen molar-refractivity contribution >= 4 is 22.6 Å². The maximum Gasteiger partial charge on any atom is 0.274 e. The van der Waals surface area contributed by atoms with Crippen LogP contribution in [0.3, 0.4) is 0 Å². The van der Waals surface area contributed by atoms with Crippen LogP contribution in [0.1, 0.15) is 34.4 Å². The molecule has 1 amide bonds. The molecule has 0 radical (unpaired) electrons. The minimum Gasteiger partial charge on any atom is -0.505 e. The molecule has 0 fully saturated rings. The topological polar surface area (TPSA) is 148 Å². The molecule has 1 aliphatic rings. The molecule has 0 unspecified atom stereocenters. The third kappa shape index (κ3) is 4.62. The van der Waals surface area contributed by atoms with Gasteiger partial charge in [-0.2, -0.15) is 5.10 Å². The van der Waals surface area contributed by atoms with Gasteiger partial charge < -0.3 is 25.6 Å². The van der Waals surface area contributed by atoms with Crippen LogP contribution >= 0.6 is 0 Å². The maximum absolute atomic E-state index is 14.1. The first kappa shape index (κ1) is 25.4. The number of rotatable bonds is 8. The molecule has 0 bridgehead atoms. The van der Waals surface area contributed by atoms with Crippen molar-refractivity contribution < 1.29 is 14.3 Å². The Bertz CT molecular complexity index is 1690. The Labute approximate surface area is 228 Å². The van der Waals surface area contributed by atoms with Crippen LogP contribution in [0.2, 0.25) is 0 Å². The number of benzene rings is 2. The average molecular weight is 542 g/mol. The van der Waals surface area contributed by atoms with Crippen molar-refractivity contribution in [1.82, 2.24) is 40.3 Å². The highest BCUT2D eigenvalue weighted by molar-refractivity contribution is 5.94. The summed E-state index contributed by atoms with van der Waals surface area (Å²) in [6.45, 7) is 4.19. The third-order valence-corrected chi connectivity index (χ3v) is 7.05. The van der Waals surface area contributed by atoms with Gasteiger partial charge in [0.2, 0.25) is 0 Å². The molecule has 0 spiro atoms. The number of aromatic amines is 2. The molecule has 5 aromatic rings.